The average Bonchev–Trinajstić information content (AvgIpc) is 3.45. The second kappa shape index (κ2) is 11.6. The first-order valence-corrected chi connectivity index (χ1v) is 13.4. The van der Waals surface area contributed by atoms with Crippen LogP contribution >= 0.6 is 11.3 Å². The number of nitrogens with zero attached hydrogens (tertiary/aromatic N) is 1. The Morgan fingerprint density at radius 3 is 2.36 bits per heavy atom. The van der Waals surface area contributed by atoms with Crippen molar-refractivity contribution >= 4 is 50.8 Å². The summed E-state index contributed by atoms with van der Waals surface area (Å²) in [6.07, 6.45) is -0.152. The summed E-state index contributed by atoms with van der Waals surface area (Å²) in [4.78, 5) is 64.2. The van der Waals surface area contributed by atoms with Crippen molar-refractivity contribution in [1.29, 1.82) is 5.26 Å². The topological polar surface area (TPSA) is 145 Å². The Labute approximate surface area is 229 Å². The number of imide groups is 1. The zero-order chi connectivity index (χ0) is 28.3. The largest absolute Gasteiger partial charge is 0.346 e. The van der Waals surface area contributed by atoms with Gasteiger partial charge in [0.1, 0.15) is 5.92 Å². The van der Waals surface area contributed by atoms with Gasteiger partial charge >= 0.3 is 0 Å². The fourth-order valence-corrected chi connectivity index (χ4v) is 5.63. The zero-order valence-corrected chi connectivity index (χ0v) is 22.5. The quantitative estimate of drug-likeness (QED) is 0.279. The van der Waals surface area contributed by atoms with Gasteiger partial charge in [0, 0.05) is 4.70 Å². The van der Waals surface area contributed by atoms with E-state index in [-0.39, 0.29) is 18.2 Å². The number of thiophene rings is 1. The summed E-state index contributed by atoms with van der Waals surface area (Å²) in [6.45, 7) is 5.01. The molecule has 3 N–H and O–H groups in total. The monoisotopic (exact) mass is 544 g/mol. The van der Waals surface area contributed by atoms with E-state index in [1.54, 1.807) is 62.4 Å². The Bertz CT molecular complexity index is 1490. The Kier molecular flexibility index (Phi) is 8.21. The summed E-state index contributed by atoms with van der Waals surface area (Å²) in [6, 6.07) is 16.4. The van der Waals surface area contributed by atoms with Crippen LogP contribution in [0.25, 0.3) is 10.1 Å². The molecular weight excluding hydrogens is 516 g/mol. The fourth-order valence-electron chi connectivity index (χ4n) is 4.62. The van der Waals surface area contributed by atoms with Crippen molar-refractivity contribution in [3.8, 4) is 6.07 Å². The van der Waals surface area contributed by atoms with Gasteiger partial charge in [-0.2, -0.15) is 5.26 Å². The molecule has 1 saturated heterocycles. The van der Waals surface area contributed by atoms with E-state index in [2.05, 4.69) is 22.0 Å². The normalized spacial score (nSPS) is 18.3. The van der Waals surface area contributed by atoms with Gasteiger partial charge in [-0.15, -0.1) is 11.3 Å². The second-order valence-corrected chi connectivity index (χ2v) is 11.0. The summed E-state index contributed by atoms with van der Waals surface area (Å²) in [7, 11) is 0. The molecular formula is C29H28N4O5S. The lowest BCUT2D eigenvalue weighted by atomic mass is 9.85. The number of ketones is 1. The van der Waals surface area contributed by atoms with Gasteiger partial charge < -0.3 is 10.6 Å². The van der Waals surface area contributed by atoms with E-state index in [0.29, 0.717) is 16.0 Å². The maximum atomic E-state index is 13.2. The zero-order valence-electron chi connectivity index (χ0n) is 21.7. The van der Waals surface area contributed by atoms with E-state index >= 15 is 0 Å². The molecule has 0 aliphatic carbocycles. The van der Waals surface area contributed by atoms with E-state index in [1.165, 1.54) is 18.3 Å². The molecule has 0 bridgehead atoms. The lowest BCUT2D eigenvalue weighted by molar-refractivity contribution is -0.137. The van der Waals surface area contributed by atoms with Crippen LogP contribution in [0.5, 0.6) is 0 Å². The minimum atomic E-state index is -1.16. The third-order valence-corrected chi connectivity index (χ3v) is 7.91. The third-order valence-electron chi connectivity index (χ3n) is 6.81. The van der Waals surface area contributed by atoms with Gasteiger partial charge in [-0.05, 0) is 35.1 Å². The Morgan fingerprint density at radius 2 is 1.74 bits per heavy atom. The van der Waals surface area contributed by atoms with Crippen molar-refractivity contribution in [2.75, 3.05) is 0 Å². The lowest BCUT2D eigenvalue weighted by Gasteiger charge is -2.26. The number of nitriles is 1. The predicted molar refractivity (Wildman–Crippen MR) is 145 cm³/mol. The van der Waals surface area contributed by atoms with Gasteiger partial charge in [0.15, 0.2) is 5.78 Å². The second-order valence-electron chi connectivity index (χ2n) is 9.93. The summed E-state index contributed by atoms with van der Waals surface area (Å²) < 4.78 is 0.801. The maximum absolute atomic E-state index is 13.2. The number of carbonyl (C=O) groups excluding carboxylic acids is 5. The van der Waals surface area contributed by atoms with Crippen LogP contribution in [0, 0.1) is 29.1 Å². The summed E-state index contributed by atoms with van der Waals surface area (Å²) in [5.41, 5.74) is 1.20. The number of benzene rings is 2. The van der Waals surface area contributed by atoms with Gasteiger partial charge in [-0.3, -0.25) is 29.3 Å². The molecule has 1 fully saturated rings. The van der Waals surface area contributed by atoms with Crippen LogP contribution in [-0.4, -0.2) is 35.5 Å². The number of Topliss-reactive ketones (excluding diaryl/α,β-unsaturated/α-hetero) is 1. The standard InChI is InChI=1S/C29H28N4O5S/c1-15(2)25(26(35)24-16(3)27(36)33-29(24)38)32-23(34)13-20(18-7-5-4-6-8-18)31-28(37)22-12-19-10-9-17(14-30)11-21(19)39-22/h4-12,15-16,20,24-25H,13H2,1-3H3,(H,31,37)(H,32,34)(H,33,36,38)/t16-,20-,24+,25-/m0/s1. The Hall–Kier alpha value is -4.36. The van der Waals surface area contributed by atoms with Gasteiger partial charge in [0.2, 0.25) is 17.7 Å². The molecule has 0 radical (unpaired) electrons. The minimum Gasteiger partial charge on any atom is -0.346 e. The number of hydrogen-bond donors (Lipinski definition) is 3. The minimum absolute atomic E-state index is 0.152. The van der Waals surface area contributed by atoms with E-state index in [9.17, 15) is 24.0 Å². The molecule has 2 heterocycles. The van der Waals surface area contributed by atoms with Crippen LogP contribution in [0.4, 0.5) is 0 Å². The maximum Gasteiger partial charge on any atom is 0.261 e. The number of rotatable bonds is 9. The first kappa shape index (κ1) is 27.7. The molecule has 0 saturated carbocycles. The Morgan fingerprint density at radius 1 is 1.03 bits per heavy atom. The molecule has 39 heavy (non-hydrogen) atoms. The third kappa shape index (κ3) is 6.04. The molecule has 0 spiro atoms. The SMILES string of the molecule is CC(C)[C@H](NC(=O)C[C@H](NC(=O)c1cc2ccc(C#N)cc2s1)c1ccccc1)C(=O)[C@@H]1C(=O)NC(=O)[C@H]1C. The molecule has 1 aliphatic rings. The van der Waals surface area contributed by atoms with Crippen molar-refractivity contribution < 1.29 is 24.0 Å². The molecule has 4 rings (SSSR count). The van der Waals surface area contributed by atoms with Crippen molar-refractivity contribution in [1.82, 2.24) is 16.0 Å². The molecule has 200 valence electrons. The van der Waals surface area contributed by atoms with Crippen molar-refractivity contribution in [3.63, 3.8) is 0 Å². The van der Waals surface area contributed by atoms with Gasteiger partial charge in [0.25, 0.3) is 5.91 Å². The van der Waals surface area contributed by atoms with Crippen LogP contribution in [0.15, 0.2) is 54.6 Å². The Balaban J connectivity index is 1.52. The van der Waals surface area contributed by atoms with E-state index < -0.39 is 47.4 Å². The molecule has 10 heteroatoms. The number of hydrogen-bond acceptors (Lipinski definition) is 7. The van der Waals surface area contributed by atoms with E-state index in [4.69, 9.17) is 5.26 Å². The molecule has 3 aromatic rings. The predicted octanol–water partition coefficient (Wildman–Crippen LogP) is 3.25. The smallest absolute Gasteiger partial charge is 0.261 e. The first-order chi connectivity index (χ1) is 18.6. The van der Waals surface area contributed by atoms with Gasteiger partial charge in [-0.25, -0.2) is 0 Å². The number of nitrogens with one attached hydrogen (secondary N) is 3. The highest BCUT2D eigenvalue weighted by Crippen LogP contribution is 2.28. The number of amides is 4. The van der Waals surface area contributed by atoms with E-state index in [0.717, 1.165) is 10.1 Å². The fraction of sp³-hybridized carbons (Fsp3) is 0.310. The first-order valence-electron chi connectivity index (χ1n) is 12.6. The summed E-state index contributed by atoms with van der Waals surface area (Å²) in [5.74, 6) is -4.85. The highest BCUT2D eigenvalue weighted by atomic mass is 32.1. The highest BCUT2D eigenvalue weighted by Gasteiger charge is 2.46. The molecule has 1 aliphatic heterocycles. The molecule has 4 atom stereocenters. The molecule has 2 aromatic carbocycles. The summed E-state index contributed by atoms with van der Waals surface area (Å²) in [5, 5.41) is 17.8. The van der Waals surface area contributed by atoms with Crippen molar-refractivity contribution in [3.05, 3.63) is 70.6 Å². The summed E-state index contributed by atoms with van der Waals surface area (Å²) >= 11 is 1.25. The molecule has 1 aromatic heterocycles. The number of carbonyl (C=O) groups is 5. The van der Waals surface area contributed by atoms with Crippen LogP contribution in [0.1, 0.15) is 54.0 Å². The average molecular weight is 545 g/mol. The van der Waals surface area contributed by atoms with E-state index in [1.807, 2.05) is 6.07 Å². The molecule has 4 amide bonds. The van der Waals surface area contributed by atoms with Crippen molar-refractivity contribution in [2.45, 2.75) is 39.3 Å². The van der Waals surface area contributed by atoms with Crippen LogP contribution in [0.2, 0.25) is 0 Å². The van der Waals surface area contributed by atoms with Crippen molar-refractivity contribution in [2.24, 2.45) is 17.8 Å². The van der Waals surface area contributed by atoms with Gasteiger partial charge in [-0.1, -0.05) is 57.2 Å². The van der Waals surface area contributed by atoms with Crippen LogP contribution in [-0.2, 0) is 19.2 Å². The van der Waals surface area contributed by atoms with Crippen LogP contribution < -0.4 is 16.0 Å². The number of fused-ring (bicyclic) bond motifs is 1. The highest BCUT2D eigenvalue weighted by molar-refractivity contribution is 7.20. The molecule has 0 unspecified atom stereocenters. The molecule has 9 nitrogen and oxygen atoms in total. The lowest BCUT2D eigenvalue weighted by Crippen LogP contribution is -2.49. The van der Waals surface area contributed by atoms with Crippen LogP contribution in [0.3, 0.4) is 0 Å². The van der Waals surface area contributed by atoms with Gasteiger partial charge in [0.05, 0.1) is 40.9 Å².